The van der Waals surface area contributed by atoms with Gasteiger partial charge in [-0.15, -0.1) is 0 Å². The molecule has 42 heavy (non-hydrogen) atoms. The minimum absolute atomic E-state index is 0.229. The maximum atomic E-state index is 12.2. The van der Waals surface area contributed by atoms with Crippen molar-refractivity contribution in [1.29, 1.82) is 0 Å². The highest BCUT2D eigenvalue weighted by Crippen LogP contribution is 2.40. The molecule has 7 heteroatoms. The number of unbranched alkanes of at least 4 members (excludes halogenated alkanes) is 2. The second kappa shape index (κ2) is 13.3. The number of hydrogen-bond acceptors (Lipinski definition) is 3. The molecular formula is C35H34ClN3O2S. The first-order valence-corrected chi connectivity index (χ1v) is 16.0. The van der Waals surface area contributed by atoms with Gasteiger partial charge in [-0.25, -0.2) is 18.5 Å². The van der Waals surface area contributed by atoms with Gasteiger partial charge in [-0.3, -0.25) is 0 Å². The van der Waals surface area contributed by atoms with Crippen LogP contribution < -0.4 is 5.14 Å². The molecule has 5 aromatic rings. The lowest BCUT2D eigenvalue weighted by atomic mass is 9.77. The Morgan fingerprint density at radius 2 is 1.31 bits per heavy atom. The summed E-state index contributed by atoms with van der Waals surface area (Å²) in [6.07, 6.45) is 9.12. The molecule has 0 radical (unpaired) electrons. The summed E-state index contributed by atoms with van der Waals surface area (Å²) < 4.78 is 26.6. The molecule has 1 aromatic heterocycles. The number of hydrogen-bond donors (Lipinski definition) is 1. The fourth-order valence-electron chi connectivity index (χ4n) is 5.47. The molecule has 5 rings (SSSR count). The lowest BCUT2D eigenvalue weighted by Crippen LogP contribution is -2.36. The van der Waals surface area contributed by atoms with Gasteiger partial charge >= 0.3 is 0 Å². The predicted octanol–water partition coefficient (Wildman–Crippen LogP) is 7.50. The van der Waals surface area contributed by atoms with Gasteiger partial charge in [0.15, 0.2) is 0 Å². The molecule has 0 unspecified atom stereocenters. The summed E-state index contributed by atoms with van der Waals surface area (Å²) in [6.45, 7) is 0. The van der Waals surface area contributed by atoms with E-state index in [0.29, 0.717) is 11.4 Å². The van der Waals surface area contributed by atoms with Gasteiger partial charge in [-0.2, -0.15) is 0 Å². The van der Waals surface area contributed by atoms with Crippen molar-refractivity contribution in [2.45, 2.75) is 37.6 Å². The van der Waals surface area contributed by atoms with E-state index in [2.05, 4.69) is 83.6 Å². The molecule has 0 atom stereocenters. The monoisotopic (exact) mass is 595 g/mol. The van der Waals surface area contributed by atoms with Gasteiger partial charge in [-0.05, 0) is 60.1 Å². The summed E-state index contributed by atoms with van der Waals surface area (Å²) in [4.78, 5) is 5.04. The fourth-order valence-corrected chi connectivity index (χ4v) is 6.31. The molecule has 0 fully saturated rings. The van der Waals surface area contributed by atoms with Crippen molar-refractivity contribution in [2.75, 3.05) is 0 Å². The lowest BCUT2D eigenvalue weighted by molar-refractivity contribution is 0.514. The van der Waals surface area contributed by atoms with Crippen LogP contribution in [0.5, 0.6) is 0 Å². The molecule has 0 saturated carbocycles. The Balaban J connectivity index is 1.36. The van der Waals surface area contributed by atoms with E-state index >= 15 is 0 Å². The van der Waals surface area contributed by atoms with Crippen molar-refractivity contribution in [3.63, 3.8) is 0 Å². The maximum absolute atomic E-state index is 12.2. The number of imidazole rings is 1. The zero-order valence-corrected chi connectivity index (χ0v) is 24.9. The quantitative estimate of drug-likeness (QED) is 0.120. The van der Waals surface area contributed by atoms with Gasteiger partial charge in [0.05, 0.1) is 16.9 Å². The second-order valence-electron chi connectivity index (χ2n) is 10.3. The molecule has 0 bridgehead atoms. The average molecular weight is 596 g/mol. The van der Waals surface area contributed by atoms with Gasteiger partial charge in [0.1, 0.15) is 5.54 Å². The first-order chi connectivity index (χ1) is 20.4. The number of halogens is 1. The van der Waals surface area contributed by atoms with Crippen LogP contribution in [0.2, 0.25) is 5.02 Å². The molecule has 4 aromatic carbocycles. The Bertz CT molecular complexity index is 1620. The van der Waals surface area contributed by atoms with Crippen LogP contribution in [0.15, 0.2) is 139 Å². The Hall–Kier alpha value is -3.97. The number of primary sulfonamides is 1. The van der Waals surface area contributed by atoms with Crippen LogP contribution in [0.3, 0.4) is 0 Å². The van der Waals surface area contributed by atoms with Crippen LogP contribution in [0.1, 0.15) is 47.2 Å². The van der Waals surface area contributed by atoms with Crippen molar-refractivity contribution in [1.82, 2.24) is 9.55 Å². The molecule has 0 spiro atoms. The van der Waals surface area contributed by atoms with Crippen molar-refractivity contribution < 1.29 is 8.42 Å². The van der Waals surface area contributed by atoms with Crippen molar-refractivity contribution in [2.24, 2.45) is 5.14 Å². The number of aromatic nitrogens is 2. The highest BCUT2D eigenvalue weighted by Gasteiger charge is 2.38. The number of sulfonamides is 1. The first-order valence-electron chi connectivity index (χ1n) is 14.0. The molecule has 2 N–H and O–H groups in total. The predicted molar refractivity (Wildman–Crippen MR) is 171 cm³/mol. The Morgan fingerprint density at radius 1 is 0.786 bits per heavy atom. The largest absolute Gasteiger partial charge is 0.319 e. The molecule has 0 aliphatic carbocycles. The molecule has 0 saturated heterocycles. The highest BCUT2D eigenvalue weighted by molar-refractivity contribution is 7.93. The number of rotatable bonds is 12. The zero-order chi connectivity index (χ0) is 29.4. The van der Waals surface area contributed by atoms with E-state index in [4.69, 9.17) is 21.7 Å². The van der Waals surface area contributed by atoms with E-state index in [0.717, 1.165) is 47.2 Å². The minimum Gasteiger partial charge on any atom is -0.319 e. The first kappa shape index (κ1) is 29.5. The number of allylic oxidation sites excluding steroid dienone is 2. The third-order valence-electron chi connectivity index (χ3n) is 7.51. The van der Waals surface area contributed by atoms with Crippen molar-refractivity contribution >= 4 is 21.6 Å². The van der Waals surface area contributed by atoms with E-state index in [1.54, 1.807) is 18.2 Å². The smallest absolute Gasteiger partial charge is 0.234 e. The van der Waals surface area contributed by atoms with Crippen molar-refractivity contribution in [3.05, 3.63) is 172 Å². The van der Waals surface area contributed by atoms with E-state index in [9.17, 15) is 8.42 Å². The molecule has 0 aliphatic heterocycles. The number of benzene rings is 4. The average Bonchev–Trinajstić information content (AvgIpc) is 3.48. The molecule has 1 heterocycles. The van der Waals surface area contributed by atoms with Crippen LogP contribution in [0, 0.1) is 0 Å². The molecular weight excluding hydrogens is 562 g/mol. The summed E-state index contributed by atoms with van der Waals surface area (Å²) in [5.74, 6) is 0. The number of aryl methyl sites for hydroxylation is 1. The van der Waals surface area contributed by atoms with Gasteiger partial charge in [0.2, 0.25) is 10.0 Å². The summed E-state index contributed by atoms with van der Waals surface area (Å²) in [7, 11) is -3.79. The fraction of sp³-hybridized carbons (Fsp3) is 0.171. The normalized spacial score (nSPS) is 12.4. The Kier molecular flexibility index (Phi) is 9.38. The second-order valence-corrected chi connectivity index (χ2v) is 12.4. The summed E-state index contributed by atoms with van der Waals surface area (Å²) in [5.41, 5.74) is 4.68. The SMILES string of the molecule is NS(=O)(=O)C(=CCCCCc1cn(C(c2ccccc2)(c2ccccc2)c2ccccc2)cn1)Cc1ccc(Cl)cc1. The van der Waals surface area contributed by atoms with E-state index in [1.807, 2.05) is 36.7 Å². The van der Waals surface area contributed by atoms with Crippen LogP contribution in [0.25, 0.3) is 0 Å². The Labute approximate surface area is 253 Å². The lowest BCUT2D eigenvalue weighted by Gasteiger charge is -2.37. The minimum atomic E-state index is -3.79. The highest BCUT2D eigenvalue weighted by atomic mass is 35.5. The maximum Gasteiger partial charge on any atom is 0.234 e. The summed E-state index contributed by atoms with van der Waals surface area (Å²) in [6, 6.07) is 38.7. The van der Waals surface area contributed by atoms with E-state index < -0.39 is 15.6 Å². The van der Waals surface area contributed by atoms with Gasteiger partial charge in [-0.1, -0.05) is 121 Å². The van der Waals surface area contributed by atoms with Gasteiger partial charge in [0, 0.05) is 17.6 Å². The Morgan fingerprint density at radius 3 is 1.81 bits per heavy atom. The molecule has 5 nitrogen and oxygen atoms in total. The summed E-state index contributed by atoms with van der Waals surface area (Å²) >= 11 is 5.96. The van der Waals surface area contributed by atoms with E-state index in [-0.39, 0.29) is 11.3 Å². The third-order valence-corrected chi connectivity index (χ3v) is 8.81. The van der Waals surface area contributed by atoms with Crippen LogP contribution in [-0.2, 0) is 28.4 Å². The third kappa shape index (κ3) is 6.73. The van der Waals surface area contributed by atoms with E-state index in [1.165, 1.54) is 0 Å². The van der Waals surface area contributed by atoms with Crippen LogP contribution in [-0.4, -0.2) is 18.0 Å². The topological polar surface area (TPSA) is 78.0 Å². The molecule has 0 aliphatic rings. The molecule has 0 amide bonds. The van der Waals surface area contributed by atoms with Gasteiger partial charge in [0.25, 0.3) is 0 Å². The van der Waals surface area contributed by atoms with Crippen LogP contribution >= 0.6 is 11.6 Å². The molecule has 214 valence electrons. The van der Waals surface area contributed by atoms with Gasteiger partial charge < -0.3 is 4.57 Å². The van der Waals surface area contributed by atoms with Crippen molar-refractivity contribution in [3.8, 4) is 0 Å². The number of nitrogens with two attached hydrogens (primary N) is 1. The number of nitrogens with zero attached hydrogens (tertiary/aromatic N) is 2. The standard InChI is InChI=1S/C35H34ClN3O2S/c36-32-23-21-28(22-24-32)25-34(42(37,40)41)20-12-4-11-19-33-26-39(27-38-33)35(29-13-5-1-6-14-29,30-15-7-2-8-16-30)31-17-9-3-10-18-31/h1-3,5-10,13-18,20-24,26-27H,4,11-12,19,25H2,(H2,37,40,41). The van der Waals surface area contributed by atoms with Crippen LogP contribution in [0.4, 0.5) is 0 Å². The summed E-state index contributed by atoms with van der Waals surface area (Å²) in [5, 5.41) is 6.12. The zero-order valence-electron chi connectivity index (χ0n) is 23.3.